The molecule has 2 N–H and O–H groups in total. The molecular weight excluding hydrogens is 426 g/mol. The summed E-state index contributed by atoms with van der Waals surface area (Å²) in [6.45, 7) is 2.33. The number of fused-ring (bicyclic) bond motifs is 1. The Bertz CT molecular complexity index is 1300. The van der Waals surface area contributed by atoms with Gasteiger partial charge in [-0.15, -0.1) is 11.3 Å². The van der Waals surface area contributed by atoms with Crippen LogP contribution in [-0.2, 0) is 21.2 Å². The molecule has 0 fully saturated rings. The zero-order valence-electron chi connectivity index (χ0n) is 16.0. The van der Waals surface area contributed by atoms with Crippen molar-refractivity contribution in [3.8, 4) is 16.2 Å². The number of carboxylic acids is 1. The zero-order chi connectivity index (χ0) is 21.3. The number of aliphatic carboxylic acids is 1. The molecule has 0 aliphatic heterocycles. The molecule has 0 unspecified atom stereocenters. The highest BCUT2D eigenvalue weighted by Gasteiger charge is 2.24. The van der Waals surface area contributed by atoms with Crippen LogP contribution in [0.25, 0.3) is 21.3 Å². The third kappa shape index (κ3) is 3.71. The minimum atomic E-state index is -3.86. The molecule has 30 heavy (non-hydrogen) atoms. The molecule has 0 amide bonds. The van der Waals surface area contributed by atoms with Crippen LogP contribution in [-0.4, -0.2) is 40.3 Å². The van der Waals surface area contributed by atoms with E-state index in [1.165, 1.54) is 10.2 Å². The van der Waals surface area contributed by atoms with Crippen molar-refractivity contribution in [2.24, 2.45) is 0 Å². The minimum Gasteiger partial charge on any atom is -0.494 e. The number of hydrogen-bond donors (Lipinski definition) is 2. The number of carbonyl (C=O) groups is 1. The summed E-state index contributed by atoms with van der Waals surface area (Å²) in [5.74, 6) is -0.335. The number of ether oxygens (including phenoxy) is 1. The maximum Gasteiger partial charge on any atom is 0.303 e. The van der Waals surface area contributed by atoms with Crippen molar-refractivity contribution in [3.63, 3.8) is 0 Å². The van der Waals surface area contributed by atoms with Gasteiger partial charge < -0.3 is 9.84 Å². The monoisotopic (exact) mass is 445 g/mol. The third-order valence-corrected chi connectivity index (χ3v) is 7.90. The maximum absolute atomic E-state index is 13.4. The predicted octanol–water partition coefficient (Wildman–Crippen LogP) is 3.75. The van der Waals surface area contributed by atoms with Gasteiger partial charge in [0.2, 0.25) is 0 Å². The number of aromatic nitrogens is 3. The summed E-state index contributed by atoms with van der Waals surface area (Å²) in [4.78, 5) is 11.8. The first-order chi connectivity index (χ1) is 14.4. The predicted molar refractivity (Wildman–Crippen MR) is 114 cm³/mol. The van der Waals surface area contributed by atoms with Gasteiger partial charge in [-0.25, -0.2) is 3.97 Å². The van der Waals surface area contributed by atoms with Crippen LogP contribution in [0.2, 0.25) is 0 Å². The van der Waals surface area contributed by atoms with E-state index in [0.717, 1.165) is 21.8 Å². The van der Waals surface area contributed by atoms with Gasteiger partial charge in [0.25, 0.3) is 10.0 Å². The number of aryl methyl sites for hydroxylation is 1. The molecule has 3 heterocycles. The van der Waals surface area contributed by atoms with Gasteiger partial charge in [-0.05, 0) is 49.2 Å². The third-order valence-electron chi connectivity index (χ3n) is 4.62. The van der Waals surface area contributed by atoms with Crippen LogP contribution in [0.4, 0.5) is 0 Å². The Morgan fingerprint density at radius 1 is 1.30 bits per heavy atom. The van der Waals surface area contributed by atoms with Crippen molar-refractivity contribution >= 4 is 38.2 Å². The van der Waals surface area contributed by atoms with Crippen LogP contribution in [0.1, 0.15) is 18.9 Å². The average Bonchev–Trinajstić information content (AvgIpc) is 3.45. The molecule has 1 aromatic carbocycles. The number of benzene rings is 1. The molecule has 4 rings (SSSR count). The van der Waals surface area contributed by atoms with Crippen molar-refractivity contribution in [2.75, 3.05) is 6.61 Å². The Balaban J connectivity index is 1.81. The van der Waals surface area contributed by atoms with Gasteiger partial charge in [-0.3, -0.25) is 9.89 Å². The summed E-state index contributed by atoms with van der Waals surface area (Å²) in [5, 5.41) is 16.3. The molecule has 0 saturated heterocycles. The number of nitrogens with zero attached hydrogens (tertiary/aromatic N) is 2. The molecule has 0 bridgehead atoms. The molecule has 0 radical (unpaired) electrons. The molecule has 0 spiro atoms. The first-order valence-corrected chi connectivity index (χ1v) is 11.5. The van der Waals surface area contributed by atoms with Gasteiger partial charge in [0.1, 0.15) is 9.96 Å². The highest BCUT2D eigenvalue weighted by atomic mass is 32.2. The van der Waals surface area contributed by atoms with Gasteiger partial charge in [-0.2, -0.15) is 13.5 Å². The highest BCUT2D eigenvalue weighted by Crippen LogP contribution is 2.34. The SMILES string of the molecule is CCOc1ccc2c(c1)c(CCC(=O)O)cn2S(=O)(=O)c1ccc(-c2cn[nH]c2)s1. The van der Waals surface area contributed by atoms with E-state index in [1.54, 1.807) is 42.7 Å². The summed E-state index contributed by atoms with van der Waals surface area (Å²) in [5.41, 5.74) is 1.93. The number of H-pyrrole nitrogens is 1. The molecule has 3 aromatic heterocycles. The largest absolute Gasteiger partial charge is 0.494 e. The van der Waals surface area contributed by atoms with E-state index in [1.807, 2.05) is 6.92 Å². The molecule has 0 aliphatic carbocycles. The number of carboxylic acid groups (broad SMARTS) is 1. The van der Waals surface area contributed by atoms with Crippen molar-refractivity contribution < 1.29 is 23.1 Å². The topological polar surface area (TPSA) is 114 Å². The molecule has 8 nitrogen and oxygen atoms in total. The highest BCUT2D eigenvalue weighted by molar-refractivity contribution is 7.92. The van der Waals surface area contributed by atoms with Crippen LogP contribution in [0.15, 0.2) is 53.1 Å². The smallest absolute Gasteiger partial charge is 0.303 e. The fourth-order valence-electron chi connectivity index (χ4n) is 3.24. The summed E-state index contributed by atoms with van der Waals surface area (Å²) < 4.78 is 33.7. The summed E-state index contributed by atoms with van der Waals surface area (Å²) in [6.07, 6.45) is 4.96. The van der Waals surface area contributed by atoms with Gasteiger partial charge in [0.05, 0.1) is 18.3 Å². The van der Waals surface area contributed by atoms with Gasteiger partial charge >= 0.3 is 5.97 Å². The second kappa shape index (κ2) is 7.96. The second-order valence-corrected chi connectivity index (χ2v) is 9.69. The van der Waals surface area contributed by atoms with E-state index in [2.05, 4.69) is 10.2 Å². The van der Waals surface area contributed by atoms with E-state index < -0.39 is 16.0 Å². The molecule has 0 atom stereocenters. The van der Waals surface area contributed by atoms with Crippen LogP contribution >= 0.6 is 11.3 Å². The van der Waals surface area contributed by atoms with E-state index in [0.29, 0.717) is 28.8 Å². The van der Waals surface area contributed by atoms with Crippen LogP contribution in [0.5, 0.6) is 5.75 Å². The lowest BCUT2D eigenvalue weighted by Gasteiger charge is -2.07. The number of nitrogens with one attached hydrogen (secondary N) is 1. The van der Waals surface area contributed by atoms with Crippen molar-refractivity contribution in [3.05, 3.63) is 54.5 Å². The zero-order valence-corrected chi connectivity index (χ0v) is 17.7. The Kier molecular flexibility index (Phi) is 5.35. The van der Waals surface area contributed by atoms with Gasteiger partial charge in [-0.1, -0.05) is 0 Å². The lowest BCUT2D eigenvalue weighted by atomic mass is 10.1. The summed E-state index contributed by atoms with van der Waals surface area (Å²) in [7, 11) is -3.86. The molecule has 4 aromatic rings. The lowest BCUT2D eigenvalue weighted by Crippen LogP contribution is -2.10. The first-order valence-electron chi connectivity index (χ1n) is 9.23. The van der Waals surface area contributed by atoms with Crippen LogP contribution in [0.3, 0.4) is 0 Å². The molecule has 0 saturated carbocycles. The van der Waals surface area contributed by atoms with E-state index >= 15 is 0 Å². The standard InChI is InChI=1S/C20H19N3O5S2/c1-2-28-15-4-5-17-16(9-15)13(3-7-19(24)25)12-23(17)30(26,27)20-8-6-18(29-20)14-10-21-22-11-14/h4-6,8-12H,2-3,7H2,1H3,(H,21,22)(H,24,25). The number of aromatic amines is 1. The van der Waals surface area contributed by atoms with Crippen LogP contribution < -0.4 is 4.74 Å². The van der Waals surface area contributed by atoms with Crippen molar-refractivity contribution in [1.29, 1.82) is 0 Å². The Morgan fingerprint density at radius 3 is 2.83 bits per heavy atom. The Labute approximate surface area is 176 Å². The van der Waals surface area contributed by atoms with Gasteiger partial charge in [0.15, 0.2) is 0 Å². The second-order valence-electron chi connectivity index (χ2n) is 6.57. The van der Waals surface area contributed by atoms with Gasteiger partial charge in [0, 0.05) is 34.6 Å². The van der Waals surface area contributed by atoms with Crippen molar-refractivity contribution in [1.82, 2.24) is 14.2 Å². The maximum atomic E-state index is 13.4. The minimum absolute atomic E-state index is 0.0956. The van der Waals surface area contributed by atoms with Crippen molar-refractivity contribution in [2.45, 2.75) is 24.0 Å². The fourth-order valence-corrected chi connectivity index (χ4v) is 6.01. The molecule has 156 valence electrons. The lowest BCUT2D eigenvalue weighted by molar-refractivity contribution is -0.136. The summed E-state index contributed by atoms with van der Waals surface area (Å²) in [6, 6.07) is 8.47. The molecule has 10 heteroatoms. The van der Waals surface area contributed by atoms with Crippen LogP contribution in [0, 0.1) is 0 Å². The number of hydrogen-bond acceptors (Lipinski definition) is 6. The Morgan fingerprint density at radius 2 is 2.13 bits per heavy atom. The first kappa shape index (κ1) is 20.2. The van der Waals surface area contributed by atoms with E-state index in [4.69, 9.17) is 9.84 Å². The molecular formula is C20H19N3O5S2. The van der Waals surface area contributed by atoms with E-state index in [9.17, 15) is 13.2 Å². The van der Waals surface area contributed by atoms with E-state index in [-0.39, 0.29) is 17.1 Å². The number of rotatable bonds is 8. The fraction of sp³-hybridized carbons (Fsp3) is 0.200. The normalized spacial score (nSPS) is 11.8. The Hall–Kier alpha value is -3.11. The number of thiophene rings is 1. The summed E-state index contributed by atoms with van der Waals surface area (Å²) >= 11 is 1.15. The quantitative estimate of drug-likeness (QED) is 0.427. The molecule has 0 aliphatic rings. The average molecular weight is 446 g/mol.